The van der Waals surface area contributed by atoms with Gasteiger partial charge in [0.15, 0.2) is 0 Å². The molecule has 1 aliphatic rings. The van der Waals surface area contributed by atoms with E-state index in [-0.39, 0.29) is 5.56 Å². The van der Waals surface area contributed by atoms with Crippen molar-refractivity contribution in [2.24, 2.45) is 0 Å². The zero-order valence-electron chi connectivity index (χ0n) is 14.7. The van der Waals surface area contributed by atoms with Crippen LogP contribution in [-0.4, -0.2) is 49.2 Å². The number of piperazine rings is 1. The first-order valence-electron chi connectivity index (χ1n) is 9.07. The van der Waals surface area contributed by atoms with Gasteiger partial charge in [-0.15, -0.1) is 0 Å². The zero-order valence-corrected chi connectivity index (χ0v) is 14.7. The number of nitrogens with zero attached hydrogens (tertiary/aromatic N) is 2. The summed E-state index contributed by atoms with van der Waals surface area (Å²) >= 11 is 0. The van der Waals surface area contributed by atoms with Crippen LogP contribution in [0.3, 0.4) is 0 Å². The molecular formula is C21H23N3O2. The number of aromatic amines is 1. The lowest BCUT2D eigenvalue weighted by atomic mass is 10.2. The minimum atomic E-state index is -0.0917. The van der Waals surface area contributed by atoms with Gasteiger partial charge in [-0.3, -0.25) is 9.69 Å². The van der Waals surface area contributed by atoms with Crippen LogP contribution in [0.1, 0.15) is 0 Å². The summed E-state index contributed by atoms with van der Waals surface area (Å²) in [6.45, 7) is 5.72. The molecule has 0 radical (unpaired) electrons. The van der Waals surface area contributed by atoms with E-state index in [4.69, 9.17) is 4.74 Å². The average Bonchev–Trinajstić information content (AvgIpc) is 2.69. The quantitative estimate of drug-likeness (QED) is 0.769. The molecule has 0 aliphatic carbocycles. The molecule has 134 valence electrons. The summed E-state index contributed by atoms with van der Waals surface area (Å²) in [4.78, 5) is 19.1. The molecule has 1 fully saturated rings. The maximum atomic E-state index is 11.4. The molecule has 26 heavy (non-hydrogen) atoms. The number of benzene rings is 2. The topological polar surface area (TPSA) is 48.6 Å². The maximum absolute atomic E-state index is 11.4. The van der Waals surface area contributed by atoms with Crippen LogP contribution >= 0.6 is 0 Å². The van der Waals surface area contributed by atoms with E-state index < -0.39 is 0 Å². The number of pyridine rings is 1. The summed E-state index contributed by atoms with van der Waals surface area (Å²) < 4.78 is 6.00. The van der Waals surface area contributed by atoms with Gasteiger partial charge in [-0.2, -0.15) is 0 Å². The number of para-hydroxylation sites is 1. The van der Waals surface area contributed by atoms with E-state index >= 15 is 0 Å². The molecule has 2 aromatic carbocycles. The number of nitrogens with one attached hydrogen (secondary N) is 1. The normalized spacial score (nSPS) is 15.3. The lowest BCUT2D eigenvalue weighted by Gasteiger charge is -2.36. The molecule has 0 saturated carbocycles. The summed E-state index contributed by atoms with van der Waals surface area (Å²) in [5.41, 5.74) is 2.02. The first-order valence-corrected chi connectivity index (χ1v) is 9.07. The second-order valence-corrected chi connectivity index (χ2v) is 6.55. The first kappa shape index (κ1) is 16.7. The molecule has 1 aliphatic heterocycles. The smallest absolute Gasteiger partial charge is 0.248 e. The highest BCUT2D eigenvalue weighted by atomic mass is 16.5. The minimum absolute atomic E-state index is 0.0917. The Hall–Kier alpha value is -2.79. The standard InChI is InChI=1S/C21H23N3O2/c25-21-10-9-18-19(22-21)7-4-8-20(18)26-16-15-23-11-13-24(14-12-23)17-5-2-1-3-6-17/h1-10H,11-16H2,(H,22,25). The number of hydrogen-bond acceptors (Lipinski definition) is 4. The van der Waals surface area contributed by atoms with E-state index in [1.807, 2.05) is 24.3 Å². The van der Waals surface area contributed by atoms with Gasteiger partial charge in [0.1, 0.15) is 12.4 Å². The van der Waals surface area contributed by atoms with Crippen molar-refractivity contribution in [1.82, 2.24) is 9.88 Å². The van der Waals surface area contributed by atoms with E-state index in [2.05, 4.69) is 45.1 Å². The predicted octanol–water partition coefficient (Wildman–Crippen LogP) is 2.73. The van der Waals surface area contributed by atoms with Gasteiger partial charge in [0.25, 0.3) is 0 Å². The molecular weight excluding hydrogens is 326 g/mol. The highest BCUT2D eigenvalue weighted by Gasteiger charge is 2.16. The van der Waals surface area contributed by atoms with Gasteiger partial charge in [-0.05, 0) is 30.3 Å². The Labute approximate surface area is 152 Å². The number of aromatic nitrogens is 1. The number of anilines is 1. The van der Waals surface area contributed by atoms with Crippen LogP contribution in [-0.2, 0) is 0 Å². The summed E-state index contributed by atoms with van der Waals surface area (Å²) in [7, 11) is 0. The summed E-state index contributed by atoms with van der Waals surface area (Å²) in [6.07, 6.45) is 0. The largest absolute Gasteiger partial charge is 0.492 e. The summed E-state index contributed by atoms with van der Waals surface area (Å²) in [5.74, 6) is 0.821. The van der Waals surface area contributed by atoms with Crippen molar-refractivity contribution < 1.29 is 4.74 Å². The van der Waals surface area contributed by atoms with Crippen LogP contribution in [0.4, 0.5) is 5.69 Å². The van der Waals surface area contributed by atoms with Crippen molar-refractivity contribution in [3.05, 3.63) is 71.0 Å². The minimum Gasteiger partial charge on any atom is -0.492 e. The van der Waals surface area contributed by atoms with Crippen LogP contribution < -0.4 is 15.2 Å². The molecule has 0 amide bonds. The Bertz CT molecular complexity index is 915. The molecule has 5 heteroatoms. The Morgan fingerprint density at radius 3 is 2.50 bits per heavy atom. The number of rotatable bonds is 5. The Morgan fingerprint density at radius 1 is 0.885 bits per heavy atom. The van der Waals surface area contributed by atoms with Crippen LogP contribution in [0.25, 0.3) is 10.9 Å². The molecule has 1 aromatic heterocycles. The van der Waals surface area contributed by atoms with Crippen molar-refractivity contribution in [3.8, 4) is 5.75 Å². The predicted molar refractivity (Wildman–Crippen MR) is 105 cm³/mol. The molecule has 0 bridgehead atoms. The molecule has 0 unspecified atom stereocenters. The highest BCUT2D eigenvalue weighted by Crippen LogP contribution is 2.23. The maximum Gasteiger partial charge on any atom is 0.248 e. The monoisotopic (exact) mass is 349 g/mol. The van der Waals surface area contributed by atoms with E-state index in [1.165, 1.54) is 11.8 Å². The molecule has 3 aromatic rings. The average molecular weight is 349 g/mol. The van der Waals surface area contributed by atoms with Crippen molar-refractivity contribution in [2.45, 2.75) is 0 Å². The van der Waals surface area contributed by atoms with Gasteiger partial charge in [0.2, 0.25) is 5.56 Å². The lowest BCUT2D eigenvalue weighted by molar-refractivity contribution is 0.201. The van der Waals surface area contributed by atoms with Crippen LogP contribution in [0.2, 0.25) is 0 Å². The van der Waals surface area contributed by atoms with Gasteiger partial charge in [0.05, 0.1) is 5.52 Å². The third kappa shape index (κ3) is 3.73. The molecule has 4 rings (SSSR count). The lowest BCUT2D eigenvalue weighted by Crippen LogP contribution is -2.47. The molecule has 0 spiro atoms. The van der Waals surface area contributed by atoms with Crippen LogP contribution in [0.5, 0.6) is 5.75 Å². The molecule has 5 nitrogen and oxygen atoms in total. The highest BCUT2D eigenvalue weighted by molar-refractivity contribution is 5.84. The second kappa shape index (κ2) is 7.62. The van der Waals surface area contributed by atoms with E-state index in [0.29, 0.717) is 6.61 Å². The molecule has 2 heterocycles. The zero-order chi connectivity index (χ0) is 17.8. The van der Waals surface area contributed by atoms with Gasteiger partial charge < -0.3 is 14.6 Å². The van der Waals surface area contributed by atoms with E-state index in [0.717, 1.165) is 49.4 Å². The molecule has 1 saturated heterocycles. The van der Waals surface area contributed by atoms with Crippen LogP contribution in [0, 0.1) is 0 Å². The van der Waals surface area contributed by atoms with Crippen molar-refractivity contribution in [1.29, 1.82) is 0 Å². The third-order valence-electron chi connectivity index (χ3n) is 4.88. The fourth-order valence-corrected chi connectivity index (χ4v) is 3.44. The molecule has 0 atom stereocenters. The number of hydrogen-bond donors (Lipinski definition) is 1. The second-order valence-electron chi connectivity index (χ2n) is 6.55. The van der Waals surface area contributed by atoms with Gasteiger partial charge in [0, 0.05) is 49.9 Å². The Kier molecular flexibility index (Phi) is 4.88. The number of ether oxygens (including phenoxy) is 1. The number of H-pyrrole nitrogens is 1. The number of fused-ring (bicyclic) bond motifs is 1. The van der Waals surface area contributed by atoms with Crippen molar-refractivity contribution in [3.63, 3.8) is 0 Å². The van der Waals surface area contributed by atoms with Gasteiger partial charge in [-0.1, -0.05) is 24.3 Å². The first-order chi connectivity index (χ1) is 12.8. The van der Waals surface area contributed by atoms with Crippen molar-refractivity contribution in [2.75, 3.05) is 44.2 Å². The Balaban J connectivity index is 1.30. The fraction of sp³-hybridized carbons (Fsp3) is 0.286. The fourth-order valence-electron chi connectivity index (χ4n) is 3.44. The summed E-state index contributed by atoms with van der Waals surface area (Å²) in [5, 5.41) is 0.945. The van der Waals surface area contributed by atoms with Crippen LogP contribution in [0.15, 0.2) is 65.5 Å². The Morgan fingerprint density at radius 2 is 1.69 bits per heavy atom. The van der Waals surface area contributed by atoms with E-state index in [1.54, 1.807) is 0 Å². The van der Waals surface area contributed by atoms with E-state index in [9.17, 15) is 4.79 Å². The van der Waals surface area contributed by atoms with Gasteiger partial charge >= 0.3 is 0 Å². The molecule has 1 N–H and O–H groups in total. The summed E-state index contributed by atoms with van der Waals surface area (Å²) in [6, 6.07) is 19.7. The SMILES string of the molecule is O=c1ccc2c(OCCN3CCN(c4ccccc4)CC3)cccc2[nH]1. The third-order valence-corrected chi connectivity index (χ3v) is 4.88. The van der Waals surface area contributed by atoms with Gasteiger partial charge in [-0.25, -0.2) is 0 Å². The van der Waals surface area contributed by atoms with Crippen molar-refractivity contribution >= 4 is 16.6 Å².